The summed E-state index contributed by atoms with van der Waals surface area (Å²) < 4.78 is 5.74. The Morgan fingerprint density at radius 1 is 1.15 bits per heavy atom. The van der Waals surface area contributed by atoms with Crippen LogP contribution < -0.4 is 15.0 Å². The molecule has 0 spiro atoms. The molecule has 0 fully saturated rings. The molecule has 0 radical (unpaired) electrons. The van der Waals surface area contributed by atoms with E-state index in [0.717, 1.165) is 16.9 Å². The fourth-order valence-corrected chi connectivity index (χ4v) is 3.21. The molecule has 0 saturated heterocycles. The monoisotopic (exact) mass is 441 g/mol. The second-order valence-corrected chi connectivity index (χ2v) is 7.55. The van der Waals surface area contributed by atoms with Crippen molar-refractivity contribution in [2.24, 2.45) is 0 Å². The summed E-state index contributed by atoms with van der Waals surface area (Å²) in [7, 11) is 3.71. The quantitative estimate of drug-likeness (QED) is 0.467. The van der Waals surface area contributed by atoms with Crippen molar-refractivity contribution in [2.45, 2.75) is 12.5 Å². The minimum Gasteiger partial charge on any atom is -0.491 e. The number of nitrogens with one attached hydrogen (secondary N) is 1. The largest absolute Gasteiger partial charge is 0.491 e. The van der Waals surface area contributed by atoms with Crippen LogP contribution in [0, 0.1) is 23.7 Å². The first-order valence-electron chi connectivity index (χ1n) is 10.6. The maximum atomic E-state index is 9.92. The Morgan fingerprint density at radius 3 is 2.70 bits per heavy atom. The SMILES string of the molecule is C#CCCN(C)c1cc(-c2cccc(C#N)c2)nc(-c2cccc(OCC(O)CNC)c2)n1. The number of aliphatic hydroxyl groups excluding tert-OH is 1. The van der Waals surface area contributed by atoms with Crippen molar-refractivity contribution >= 4 is 5.82 Å². The number of nitrogens with zero attached hydrogens (tertiary/aromatic N) is 4. The van der Waals surface area contributed by atoms with E-state index in [1.165, 1.54) is 0 Å². The number of nitriles is 1. The summed E-state index contributed by atoms with van der Waals surface area (Å²) in [6.07, 6.45) is 5.42. The first-order chi connectivity index (χ1) is 16.0. The molecule has 0 amide bonds. The minimum absolute atomic E-state index is 0.173. The van der Waals surface area contributed by atoms with Gasteiger partial charge in [0.25, 0.3) is 0 Å². The highest BCUT2D eigenvalue weighted by Crippen LogP contribution is 2.28. The van der Waals surface area contributed by atoms with Crippen LogP contribution in [-0.4, -0.2) is 55.0 Å². The van der Waals surface area contributed by atoms with Crippen LogP contribution in [0.3, 0.4) is 0 Å². The Bertz CT molecular complexity index is 1170. The van der Waals surface area contributed by atoms with Crippen LogP contribution in [0.1, 0.15) is 12.0 Å². The van der Waals surface area contributed by atoms with E-state index in [9.17, 15) is 10.4 Å². The number of likely N-dealkylation sites (N-methyl/N-ethyl adjacent to an activating group) is 1. The average Bonchev–Trinajstić information content (AvgIpc) is 2.86. The lowest BCUT2D eigenvalue weighted by Crippen LogP contribution is -2.29. The zero-order valence-electron chi connectivity index (χ0n) is 18.8. The Kier molecular flexibility index (Phi) is 8.37. The van der Waals surface area contributed by atoms with Gasteiger partial charge in [-0.2, -0.15) is 5.26 Å². The highest BCUT2D eigenvalue weighted by Gasteiger charge is 2.13. The Labute approximate surface area is 194 Å². The summed E-state index contributed by atoms with van der Waals surface area (Å²) in [6.45, 7) is 1.27. The van der Waals surface area contributed by atoms with Gasteiger partial charge < -0.3 is 20.1 Å². The first-order valence-corrected chi connectivity index (χ1v) is 10.6. The number of hydrogen-bond acceptors (Lipinski definition) is 7. The summed E-state index contributed by atoms with van der Waals surface area (Å²) in [4.78, 5) is 11.5. The predicted octanol–water partition coefficient (Wildman–Crippen LogP) is 3.10. The lowest BCUT2D eigenvalue weighted by molar-refractivity contribution is 0.108. The molecule has 0 aliphatic carbocycles. The van der Waals surface area contributed by atoms with Crippen molar-refractivity contribution in [3.63, 3.8) is 0 Å². The average molecular weight is 442 g/mol. The van der Waals surface area contributed by atoms with E-state index in [0.29, 0.717) is 42.3 Å². The van der Waals surface area contributed by atoms with E-state index in [4.69, 9.17) is 21.1 Å². The lowest BCUT2D eigenvalue weighted by atomic mass is 10.1. The van der Waals surface area contributed by atoms with Crippen LogP contribution in [0.4, 0.5) is 5.82 Å². The van der Waals surface area contributed by atoms with E-state index in [1.54, 1.807) is 19.2 Å². The van der Waals surface area contributed by atoms with E-state index in [1.807, 2.05) is 54.4 Å². The summed E-state index contributed by atoms with van der Waals surface area (Å²) in [6, 6.07) is 18.8. The number of anilines is 1. The summed E-state index contributed by atoms with van der Waals surface area (Å²) >= 11 is 0. The molecule has 7 heteroatoms. The minimum atomic E-state index is -0.609. The summed E-state index contributed by atoms with van der Waals surface area (Å²) in [5, 5.41) is 22.1. The molecule has 2 N–H and O–H groups in total. The van der Waals surface area contributed by atoms with Crippen molar-refractivity contribution in [2.75, 3.05) is 38.7 Å². The molecule has 3 aromatic rings. The Balaban J connectivity index is 1.99. The molecular formula is C26H27N5O2. The zero-order chi connectivity index (χ0) is 23.6. The molecule has 7 nitrogen and oxygen atoms in total. The molecule has 0 bridgehead atoms. The van der Waals surface area contributed by atoms with Gasteiger partial charge in [0.1, 0.15) is 24.3 Å². The van der Waals surface area contributed by atoms with E-state index >= 15 is 0 Å². The molecule has 33 heavy (non-hydrogen) atoms. The van der Waals surface area contributed by atoms with Gasteiger partial charge >= 0.3 is 0 Å². The van der Waals surface area contributed by atoms with Crippen LogP contribution in [0.5, 0.6) is 5.75 Å². The van der Waals surface area contributed by atoms with Gasteiger partial charge in [-0.05, 0) is 31.3 Å². The predicted molar refractivity (Wildman–Crippen MR) is 130 cm³/mol. The van der Waals surface area contributed by atoms with Gasteiger partial charge in [-0.15, -0.1) is 12.3 Å². The van der Waals surface area contributed by atoms with Crippen LogP contribution in [-0.2, 0) is 0 Å². The van der Waals surface area contributed by atoms with Crippen molar-refractivity contribution in [1.29, 1.82) is 5.26 Å². The highest BCUT2D eigenvalue weighted by atomic mass is 16.5. The van der Waals surface area contributed by atoms with E-state index in [-0.39, 0.29) is 6.61 Å². The van der Waals surface area contributed by atoms with Crippen molar-refractivity contribution in [3.05, 3.63) is 60.2 Å². The number of terminal acetylenes is 1. The van der Waals surface area contributed by atoms with Crippen LogP contribution in [0.2, 0.25) is 0 Å². The molecule has 0 aliphatic rings. The number of aromatic nitrogens is 2. The molecule has 0 saturated carbocycles. The van der Waals surface area contributed by atoms with Crippen molar-refractivity contribution in [3.8, 4) is 46.8 Å². The normalized spacial score (nSPS) is 11.3. The second-order valence-electron chi connectivity index (χ2n) is 7.55. The van der Waals surface area contributed by atoms with Crippen LogP contribution in [0.15, 0.2) is 54.6 Å². The van der Waals surface area contributed by atoms with Crippen molar-refractivity contribution < 1.29 is 9.84 Å². The topological polar surface area (TPSA) is 94.3 Å². The molecule has 1 atom stereocenters. The summed E-state index contributed by atoms with van der Waals surface area (Å²) in [5.41, 5.74) is 2.87. The molecule has 2 aromatic carbocycles. The Hall–Kier alpha value is -3.91. The molecule has 1 unspecified atom stereocenters. The number of ether oxygens (including phenoxy) is 1. The second kappa shape index (κ2) is 11.6. The van der Waals surface area contributed by atoms with Crippen LogP contribution >= 0.6 is 0 Å². The van der Waals surface area contributed by atoms with Gasteiger partial charge in [0.05, 0.1) is 17.3 Å². The van der Waals surface area contributed by atoms with Gasteiger partial charge in [-0.3, -0.25) is 0 Å². The third kappa shape index (κ3) is 6.54. The third-order valence-electron chi connectivity index (χ3n) is 4.96. The maximum Gasteiger partial charge on any atom is 0.162 e. The van der Waals surface area contributed by atoms with Crippen molar-refractivity contribution in [1.82, 2.24) is 15.3 Å². The Morgan fingerprint density at radius 2 is 1.94 bits per heavy atom. The summed E-state index contributed by atoms with van der Waals surface area (Å²) in [5.74, 6) is 4.52. The maximum absolute atomic E-state index is 9.92. The fraction of sp³-hybridized carbons (Fsp3) is 0.269. The number of rotatable bonds is 10. The first kappa shape index (κ1) is 23.7. The lowest BCUT2D eigenvalue weighted by Gasteiger charge is -2.19. The molecule has 1 aromatic heterocycles. The zero-order valence-corrected chi connectivity index (χ0v) is 18.8. The fourth-order valence-electron chi connectivity index (χ4n) is 3.21. The van der Waals surface area contributed by atoms with E-state index in [2.05, 4.69) is 17.3 Å². The number of benzene rings is 2. The van der Waals surface area contributed by atoms with Gasteiger partial charge in [-0.1, -0.05) is 24.3 Å². The van der Waals surface area contributed by atoms with Crippen LogP contribution in [0.25, 0.3) is 22.6 Å². The molecule has 168 valence electrons. The smallest absolute Gasteiger partial charge is 0.162 e. The molecule has 3 rings (SSSR count). The highest BCUT2D eigenvalue weighted by molar-refractivity contribution is 5.69. The van der Waals surface area contributed by atoms with Gasteiger partial charge in [0, 0.05) is 43.8 Å². The van der Waals surface area contributed by atoms with Gasteiger partial charge in [0.2, 0.25) is 0 Å². The number of hydrogen-bond donors (Lipinski definition) is 2. The third-order valence-corrected chi connectivity index (χ3v) is 4.96. The standard InChI is InChI=1S/C26H27N5O2/c1-4-5-12-31(3)25-15-24(20-9-6-8-19(13-20)16-27)29-26(30-25)21-10-7-11-23(14-21)33-18-22(32)17-28-2/h1,6-11,13-15,22,28,32H,5,12,17-18H2,2-3H3. The number of aliphatic hydroxyl groups is 1. The molecule has 0 aliphatic heterocycles. The van der Waals surface area contributed by atoms with Gasteiger partial charge in [0.15, 0.2) is 5.82 Å². The molecule has 1 heterocycles. The van der Waals surface area contributed by atoms with E-state index < -0.39 is 6.10 Å². The molecular weight excluding hydrogens is 414 g/mol. The van der Waals surface area contributed by atoms with Gasteiger partial charge in [-0.25, -0.2) is 9.97 Å².